The minimum Gasteiger partial charge on any atom is -0.460 e. The van der Waals surface area contributed by atoms with Crippen molar-refractivity contribution in [2.75, 3.05) is 0 Å². The summed E-state index contributed by atoms with van der Waals surface area (Å²) in [6.07, 6.45) is -1.96. The molecule has 0 radical (unpaired) electrons. The third kappa shape index (κ3) is 5.90. The zero-order valence-electron chi connectivity index (χ0n) is 17.9. The molecule has 1 aliphatic heterocycles. The van der Waals surface area contributed by atoms with Gasteiger partial charge in [0.2, 0.25) is 0 Å². The summed E-state index contributed by atoms with van der Waals surface area (Å²) < 4.78 is 28.7. The first-order valence-electron chi connectivity index (χ1n) is 9.94. The lowest BCUT2D eigenvalue weighted by Gasteiger charge is -2.51. The number of hydrogen-bond donors (Lipinski definition) is 1. The van der Waals surface area contributed by atoms with Crippen molar-refractivity contribution >= 4 is 17.9 Å². The van der Waals surface area contributed by atoms with Crippen LogP contribution < -0.4 is 0 Å². The van der Waals surface area contributed by atoms with Crippen LogP contribution in [0.15, 0.2) is 0 Å². The fourth-order valence-electron chi connectivity index (χ4n) is 4.04. The predicted octanol–water partition coefficient (Wildman–Crippen LogP) is 1.63. The monoisotopic (exact) mass is 416 g/mol. The summed E-state index contributed by atoms with van der Waals surface area (Å²) in [5, 5.41) is 10.7. The molecule has 0 amide bonds. The van der Waals surface area contributed by atoms with E-state index in [1.165, 1.54) is 34.6 Å². The second-order valence-corrected chi connectivity index (χ2v) is 8.36. The largest absolute Gasteiger partial charge is 0.460 e. The molecule has 1 N–H and O–H groups in total. The maximum Gasteiger partial charge on any atom is 0.303 e. The van der Waals surface area contributed by atoms with E-state index < -0.39 is 59.8 Å². The van der Waals surface area contributed by atoms with E-state index in [2.05, 4.69) is 0 Å². The second kappa shape index (κ2) is 8.97. The third-order valence-corrected chi connectivity index (χ3v) is 5.12. The predicted molar refractivity (Wildman–Crippen MR) is 99.6 cm³/mol. The lowest BCUT2D eigenvalue weighted by atomic mass is 9.88. The topological polar surface area (TPSA) is 118 Å². The number of rotatable bonds is 6. The average molecular weight is 416 g/mol. The van der Waals surface area contributed by atoms with Crippen molar-refractivity contribution in [3.8, 4) is 0 Å². The fourth-order valence-corrected chi connectivity index (χ4v) is 4.04. The molecular formula is C20H32O9. The highest BCUT2D eigenvalue weighted by Gasteiger charge is 2.58. The van der Waals surface area contributed by atoms with Crippen LogP contribution in [-0.4, -0.2) is 64.9 Å². The molecule has 166 valence electrons. The van der Waals surface area contributed by atoms with Gasteiger partial charge in [0.15, 0.2) is 18.0 Å². The van der Waals surface area contributed by atoms with Gasteiger partial charge in [-0.3, -0.25) is 14.4 Å². The molecule has 1 saturated heterocycles. The van der Waals surface area contributed by atoms with Gasteiger partial charge in [0.25, 0.3) is 0 Å². The first kappa shape index (κ1) is 23.6. The van der Waals surface area contributed by atoms with Crippen molar-refractivity contribution in [2.45, 2.75) is 109 Å². The Balaban J connectivity index is 2.49. The van der Waals surface area contributed by atoms with Crippen LogP contribution in [0.3, 0.4) is 0 Å². The van der Waals surface area contributed by atoms with Crippen LogP contribution in [0.4, 0.5) is 0 Å². The highest BCUT2D eigenvalue weighted by Crippen LogP contribution is 2.44. The van der Waals surface area contributed by atoms with Crippen LogP contribution in [0.1, 0.15) is 67.2 Å². The normalized spacial score (nSPS) is 28.4. The maximum absolute atomic E-state index is 11.8. The lowest BCUT2D eigenvalue weighted by molar-refractivity contribution is -0.373. The van der Waals surface area contributed by atoms with Crippen LogP contribution in [0.2, 0.25) is 0 Å². The van der Waals surface area contributed by atoms with Gasteiger partial charge in [0.05, 0.1) is 5.60 Å². The first-order valence-corrected chi connectivity index (χ1v) is 9.94. The Hall–Kier alpha value is -1.71. The van der Waals surface area contributed by atoms with Gasteiger partial charge in [0.1, 0.15) is 18.3 Å². The molecule has 29 heavy (non-hydrogen) atoms. The van der Waals surface area contributed by atoms with E-state index in [4.69, 9.17) is 23.7 Å². The van der Waals surface area contributed by atoms with E-state index in [9.17, 15) is 19.5 Å². The molecule has 1 spiro atoms. The summed E-state index contributed by atoms with van der Waals surface area (Å²) in [5.74, 6) is -2.72. The minimum absolute atomic E-state index is 0.509. The van der Waals surface area contributed by atoms with Gasteiger partial charge in [-0.15, -0.1) is 0 Å². The molecule has 2 aliphatic rings. The van der Waals surface area contributed by atoms with Gasteiger partial charge < -0.3 is 28.8 Å². The highest BCUT2D eigenvalue weighted by atomic mass is 16.8. The van der Waals surface area contributed by atoms with Gasteiger partial charge in [0, 0.05) is 33.6 Å². The van der Waals surface area contributed by atoms with Gasteiger partial charge in [-0.25, -0.2) is 0 Å². The number of esters is 3. The summed E-state index contributed by atoms with van der Waals surface area (Å²) in [4.78, 5) is 35.1. The molecule has 1 saturated carbocycles. The number of aliphatic hydroxyl groups is 1. The van der Waals surface area contributed by atoms with E-state index in [-0.39, 0.29) is 0 Å². The molecule has 1 heterocycles. The summed E-state index contributed by atoms with van der Waals surface area (Å²) in [7, 11) is 0. The Morgan fingerprint density at radius 1 is 0.966 bits per heavy atom. The van der Waals surface area contributed by atoms with E-state index >= 15 is 0 Å². The molecule has 0 unspecified atom stereocenters. The molecule has 9 nitrogen and oxygen atoms in total. The number of ether oxygens (including phenoxy) is 5. The van der Waals surface area contributed by atoms with Gasteiger partial charge in [-0.1, -0.05) is 0 Å². The van der Waals surface area contributed by atoms with Crippen LogP contribution in [0.25, 0.3) is 0 Å². The third-order valence-electron chi connectivity index (χ3n) is 5.12. The van der Waals surface area contributed by atoms with Crippen molar-refractivity contribution < 1.29 is 43.2 Å². The summed E-state index contributed by atoms with van der Waals surface area (Å²) >= 11 is 0. The lowest BCUT2D eigenvalue weighted by Crippen LogP contribution is -2.66. The maximum atomic E-state index is 11.8. The first-order chi connectivity index (χ1) is 13.3. The molecule has 1 aliphatic carbocycles. The molecule has 0 bridgehead atoms. The van der Waals surface area contributed by atoms with Crippen LogP contribution in [0, 0.1) is 0 Å². The van der Waals surface area contributed by atoms with Crippen LogP contribution in [0.5, 0.6) is 0 Å². The Kier molecular flexibility index (Phi) is 7.29. The quantitative estimate of drug-likeness (QED) is 0.509. The second-order valence-electron chi connectivity index (χ2n) is 8.36. The Morgan fingerprint density at radius 2 is 1.48 bits per heavy atom. The molecule has 0 aromatic rings. The van der Waals surface area contributed by atoms with Crippen LogP contribution in [-0.2, 0) is 38.1 Å². The smallest absolute Gasteiger partial charge is 0.303 e. The Bertz CT molecular complexity index is 618. The Labute approximate surface area is 171 Å². The Morgan fingerprint density at radius 3 is 1.93 bits per heavy atom. The number of carbonyl (C=O) groups excluding carboxylic acids is 3. The standard InChI is InChI=1S/C20H32O9/c1-11(25-12(2)21)15-16(26-13(3)22)17(18(19(5,6)24)27-14(4)23)29-20(28-15)9-7-8-10-20/h11,15-18,24H,7-10H2,1-6H3/t11-,15-,16+,17-,18-/m1/s1. The SMILES string of the molecule is CC(=O)O[C@@H]1[C@H]([C@@H](OC(C)=O)C(C)(C)O)OC2(CCCC2)O[C@@H]1[C@@H](C)OC(C)=O. The average Bonchev–Trinajstić information content (AvgIpc) is 3.00. The molecule has 9 heteroatoms. The van der Waals surface area contributed by atoms with Crippen molar-refractivity contribution in [3.05, 3.63) is 0 Å². The van der Waals surface area contributed by atoms with E-state index in [0.717, 1.165) is 12.8 Å². The van der Waals surface area contributed by atoms with E-state index in [0.29, 0.717) is 12.8 Å². The highest BCUT2D eigenvalue weighted by molar-refractivity contribution is 5.67. The molecule has 2 fully saturated rings. The fraction of sp³-hybridized carbons (Fsp3) is 0.850. The zero-order chi connectivity index (χ0) is 22.0. The van der Waals surface area contributed by atoms with Crippen molar-refractivity contribution in [2.24, 2.45) is 0 Å². The summed E-state index contributed by atoms with van der Waals surface area (Å²) in [6, 6.07) is 0. The van der Waals surface area contributed by atoms with Crippen molar-refractivity contribution in [3.63, 3.8) is 0 Å². The van der Waals surface area contributed by atoms with Gasteiger partial charge >= 0.3 is 17.9 Å². The van der Waals surface area contributed by atoms with E-state index in [1.54, 1.807) is 6.92 Å². The zero-order valence-corrected chi connectivity index (χ0v) is 17.9. The molecular weight excluding hydrogens is 384 g/mol. The minimum atomic E-state index is -1.50. The molecule has 5 atom stereocenters. The summed E-state index contributed by atoms with van der Waals surface area (Å²) in [6.45, 7) is 8.33. The van der Waals surface area contributed by atoms with E-state index in [1.807, 2.05) is 0 Å². The molecule has 0 aromatic heterocycles. The molecule has 0 aromatic carbocycles. The van der Waals surface area contributed by atoms with Gasteiger partial charge in [-0.2, -0.15) is 0 Å². The summed E-state index contributed by atoms with van der Waals surface area (Å²) in [5.41, 5.74) is -1.50. The molecule has 2 rings (SSSR count). The number of carbonyl (C=O) groups is 3. The van der Waals surface area contributed by atoms with Crippen LogP contribution >= 0.6 is 0 Å². The number of hydrogen-bond acceptors (Lipinski definition) is 9. The van der Waals surface area contributed by atoms with Gasteiger partial charge in [-0.05, 0) is 33.6 Å². The van der Waals surface area contributed by atoms with Crippen molar-refractivity contribution in [1.29, 1.82) is 0 Å². The van der Waals surface area contributed by atoms with Crippen molar-refractivity contribution in [1.82, 2.24) is 0 Å².